The molecule has 0 aromatic heterocycles. The molecular formula is C11H25N3. The summed E-state index contributed by atoms with van der Waals surface area (Å²) < 4.78 is 0. The number of nitrogens with zero attached hydrogens (tertiary/aromatic N) is 2. The van der Waals surface area contributed by atoms with Gasteiger partial charge in [-0.1, -0.05) is 0 Å². The van der Waals surface area contributed by atoms with E-state index in [4.69, 9.17) is 0 Å². The Labute approximate surface area is 88.5 Å². The quantitative estimate of drug-likeness (QED) is 0.700. The average molecular weight is 199 g/mol. The molecule has 1 saturated heterocycles. The number of nitrogens with one attached hydrogen (secondary N) is 1. The lowest BCUT2D eigenvalue weighted by atomic mass is 10.3. The van der Waals surface area contributed by atoms with Crippen LogP contribution in [0.2, 0.25) is 0 Å². The SMILES string of the molecule is CNC1CCN(CCN(C)C(C)C)C1. The standard InChI is InChI=1S/C11H25N3/c1-10(2)13(4)7-8-14-6-5-11(9-14)12-3/h10-12H,5-9H2,1-4H3. The first-order chi connectivity index (χ1) is 6.63. The van der Waals surface area contributed by atoms with E-state index in [1.165, 1.54) is 32.6 Å². The minimum atomic E-state index is 0.665. The van der Waals surface area contributed by atoms with Crippen LogP contribution < -0.4 is 5.32 Å². The third kappa shape index (κ3) is 3.56. The monoisotopic (exact) mass is 199 g/mol. The highest BCUT2D eigenvalue weighted by atomic mass is 15.2. The molecular weight excluding hydrogens is 174 g/mol. The third-order valence-corrected chi connectivity index (χ3v) is 3.33. The first-order valence-electron chi connectivity index (χ1n) is 5.73. The van der Waals surface area contributed by atoms with E-state index in [0.29, 0.717) is 6.04 Å². The van der Waals surface area contributed by atoms with Crippen molar-refractivity contribution in [1.29, 1.82) is 0 Å². The number of likely N-dealkylation sites (N-methyl/N-ethyl adjacent to an activating group) is 2. The van der Waals surface area contributed by atoms with E-state index < -0.39 is 0 Å². The zero-order chi connectivity index (χ0) is 10.6. The van der Waals surface area contributed by atoms with E-state index in [-0.39, 0.29) is 0 Å². The summed E-state index contributed by atoms with van der Waals surface area (Å²) >= 11 is 0. The van der Waals surface area contributed by atoms with Gasteiger partial charge in [-0.25, -0.2) is 0 Å². The molecule has 1 aliphatic heterocycles. The van der Waals surface area contributed by atoms with E-state index in [9.17, 15) is 0 Å². The maximum Gasteiger partial charge on any atom is 0.0204 e. The molecule has 1 fully saturated rings. The van der Waals surface area contributed by atoms with Crippen LogP contribution in [0.5, 0.6) is 0 Å². The molecule has 14 heavy (non-hydrogen) atoms. The molecule has 0 aromatic carbocycles. The average Bonchev–Trinajstić information content (AvgIpc) is 2.61. The first-order valence-corrected chi connectivity index (χ1v) is 5.73. The molecule has 1 aliphatic rings. The summed E-state index contributed by atoms with van der Waals surface area (Å²) in [5, 5.41) is 3.35. The Balaban J connectivity index is 2.14. The van der Waals surface area contributed by atoms with Crippen LogP contribution in [-0.4, -0.2) is 62.2 Å². The summed E-state index contributed by atoms with van der Waals surface area (Å²) in [7, 11) is 4.27. The third-order valence-electron chi connectivity index (χ3n) is 3.33. The molecule has 0 radical (unpaired) electrons. The fourth-order valence-corrected chi connectivity index (χ4v) is 1.83. The highest BCUT2D eigenvalue weighted by molar-refractivity contribution is 4.80. The Morgan fingerprint density at radius 2 is 2.21 bits per heavy atom. The summed E-state index contributed by atoms with van der Waals surface area (Å²) in [4.78, 5) is 4.97. The number of hydrogen-bond acceptors (Lipinski definition) is 3. The molecule has 1 N–H and O–H groups in total. The van der Waals surface area contributed by atoms with Gasteiger partial charge in [-0.3, -0.25) is 0 Å². The van der Waals surface area contributed by atoms with Crippen molar-refractivity contribution >= 4 is 0 Å². The number of hydrogen-bond donors (Lipinski definition) is 1. The van der Waals surface area contributed by atoms with Crippen molar-refractivity contribution in [3.8, 4) is 0 Å². The highest BCUT2D eigenvalue weighted by Gasteiger charge is 2.20. The van der Waals surface area contributed by atoms with E-state index in [1.54, 1.807) is 0 Å². The second-order valence-corrected chi connectivity index (χ2v) is 4.65. The van der Waals surface area contributed by atoms with E-state index in [1.807, 2.05) is 0 Å². The van der Waals surface area contributed by atoms with Crippen LogP contribution in [0.15, 0.2) is 0 Å². The van der Waals surface area contributed by atoms with Gasteiger partial charge in [-0.2, -0.15) is 0 Å². The van der Waals surface area contributed by atoms with Crippen molar-refractivity contribution in [3.05, 3.63) is 0 Å². The van der Waals surface area contributed by atoms with Gasteiger partial charge in [0.1, 0.15) is 0 Å². The van der Waals surface area contributed by atoms with Crippen LogP contribution >= 0.6 is 0 Å². The minimum Gasteiger partial charge on any atom is -0.316 e. The maximum absolute atomic E-state index is 3.35. The van der Waals surface area contributed by atoms with Gasteiger partial charge in [0.25, 0.3) is 0 Å². The largest absolute Gasteiger partial charge is 0.316 e. The van der Waals surface area contributed by atoms with Crippen LogP contribution in [0.25, 0.3) is 0 Å². The Morgan fingerprint density at radius 1 is 1.50 bits per heavy atom. The Kier molecular flexibility index (Phi) is 4.85. The fraction of sp³-hybridized carbons (Fsp3) is 1.00. The summed E-state index contributed by atoms with van der Waals surface area (Å²) in [6.45, 7) is 9.39. The fourth-order valence-electron chi connectivity index (χ4n) is 1.83. The van der Waals surface area contributed by atoms with Gasteiger partial charge in [-0.15, -0.1) is 0 Å². The molecule has 3 heteroatoms. The Hall–Kier alpha value is -0.120. The molecule has 0 spiro atoms. The second kappa shape index (κ2) is 5.69. The van der Waals surface area contributed by atoms with Gasteiger partial charge in [0.15, 0.2) is 0 Å². The van der Waals surface area contributed by atoms with Gasteiger partial charge in [-0.05, 0) is 40.9 Å². The van der Waals surface area contributed by atoms with E-state index >= 15 is 0 Å². The van der Waals surface area contributed by atoms with Crippen molar-refractivity contribution in [2.75, 3.05) is 40.3 Å². The summed E-state index contributed by atoms with van der Waals surface area (Å²) in [6.07, 6.45) is 1.31. The van der Waals surface area contributed by atoms with Crippen molar-refractivity contribution in [2.45, 2.75) is 32.4 Å². The molecule has 0 aliphatic carbocycles. The highest BCUT2D eigenvalue weighted by Crippen LogP contribution is 2.08. The molecule has 1 atom stereocenters. The normalized spacial score (nSPS) is 24.0. The van der Waals surface area contributed by atoms with E-state index in [0.717, 1.165) is 6.04 Å². The molecule has 1 heterocycles. The molecule has 0 bridgehead atoms. The van der Waals surface area contributed by atoms with Gasteiger partial charge in [0, 0.05) is 31.7 Å². The first kappa shape index (κ1) is 12.0. The Morgan fingerprint density at radius 3 is 2.71 bits per heavy atom. The molecule has 1 rings (SSSR count). The zero-order valence-electron chi connectivity index (χ0n) is 10.1. The van der Waals surface area contributed by atoms with Crippen molar-refractivity contribution < 1.29 is 0 Å². The molecule has 1 unspecified atom stereocenters. The van der Waals surface area contributed by atoms with Crippen LogP contribution in [0, 0.1) is 0 Å². The van der Waals surface area contributed by atoms with E-state index in [2.05, 4.69) is 43.1 Å². The van der Waals surface area contributed by atoms with Crippen LogP contribution in [0.1, 0.15) is 20.3 Å². The summed E-state index contributed by atoms with van der Waals surface area (Å²) in [5.74, 6) is 0. The van der Waals surface area contributed by atoms with Crippen LogP contribution in [0.4, 0.5) is 0 Å². The number of likely N-dealkylation sites (tertiary alicyclic amines) is 1. The van der Waals surface area contributed by atoms with Gasteiger partial charge >= 0.3 is 0 Å². The van der Waals surface area contributed by atoms with Gasteiger partial charge < -0.3 is 15.1 Å². The number of rotatable bonds is 5. The second-order valence-electron chi connectivity index (χ2n) is 4.65. The molecule has 0 saturated carbocycles. The molecule has 0 amide bonds. The van der Waals surface area contributed by atoms with Crippen molar-refractivity contribution in [3.63, 3.8) is 0 Å². The molecule has 3 nitrogen and oxygen atoms in total. The van der Waals surface area contributed by atoms with Crippen LogP contribution in [0.3, 0.4) is 0 Å². The lowest BCUT2D eigenvalue weighted by molar-refractivity contribution is 0.222. The topological polar surface area (TPSA) is 18.5 Å². The van der Waals surface area contributed by atoms with Gasteiger partial charge in [0.05, 0.1) is 0 Å². The lowest BCUT2D eigenvalue weighted by Gasteiger charge is -2.24. The van der Waals surface area contributed by atoms with Crippen molar-refractivity contribution in [2.24, 2.45) is 0 Å². The maximum atomic E-state index is 3.35. The van der Waals surface area contributed by atoms with Crippen LogP contribution in [-0.2, 0) is 0 Å². The van der Waals surface area contributed by atoms with Gasteiger partial charge in [0.2, 0.25) is 0 Å². The predicted octanol–water partition coefficient (Wildman–Crippen LogP) is 0.620. The minimum absolute atomic E-state index is 0.665. The summed E-state index contributed by atoms with van der Waals surface area (Å²) in [6, 6.07) is 1.39. The van der Waals surface area contributed by atoms with Crippen molar-refractivity contribution in [1.82, 2.24) is 15.1 Å². The molecule has 84 valence electrons. The smallest absolute Gasteiger partial charge is 0.0204 e. The lowest BCUT2D eigenvalue weighted by Crippen LogP contribution is -2.37. The predicted molar refractivity (Wildman–Crippen MR) is 61.7 cm³/mol. The molecule has 0 aromatic rings. The Bertz CT molecular complexity index is 159. The zero-order valence-corrected chi connectivity index (χ0v) is 10.1. The summed E-state index contributed by atoms with van der Waals surface area (Å²) in [5.41, 5.74) is 0.